The average Bonchev–Trinajstić information content (AvgIpc) is 3.26. The molecule has 0 unspecified atom stereocenters. The molecule has 5 rings (SSSR count). The molecule has 0 saturated heterocycles. The molecule has 1 aliphatic heterocycles. The van der Waals surface area contributed by atoms with Gasteiger partial charge in [-0.15, -0.1) is 0 Å². The van der Waals surface area contributed by atoms with Gasteiger partial charge < -0.3 is 15.2 Å². The van der Waals surface area contributed by atoms with Gasteiger partial charge in [0.05, 0.1) is 36.5 Å². The van der Waals surface area contributed by atoms with E-state index in [9.17, 15) is 8.42 Å². The second-order valence-corrected chi connectivity index (χ2v) is 11.7. The zero-order valence-electron chi connectivity index (χ0n) is 21.2. The normalized spacial score (nSPS) is 16.0. The van der Waals surface area contributed by atoms with Gasteiger partial charge in [0.1, 0.15) is 0 Å². The predicted octanol–water partition coefficient (Wildman–Crippen LogP) is 3.78. The minimum Gasteiger partial charge on any atom is -0.399 e. The minimum absolute atomic E-state index is 0.262. The van der Waals surface area contributed by atoms with E-state index < -0.39 is 10.0 Å². The lowest BCUT2D eigenvalue weighted by Crippen LogP contribution is -2.45. The summed E-state index contributed by atoms with van der Waals surface area (Å²) in [5.41, 5.74) is 12.4. The molecule has 2 heterocycles. The number of aromatic nitrogens is 2. The Kier molecular flexibility index (Phi) is 7.18. The van der Waals surface area contributed by atoms with Gasteiger partial charge in [-0.25, -0.2) is 13.4 Å². The smallest absolute Gasteiger partial charge is 0.211 e. The molecule has 2 N–H and O–H groups in total. The van der Waals surface area contributed by atoms with Crippen LogP contribution < -0.4 is 10.6 Å². The highest BCUT2D eigenvalue weighted by Gasteiger charge is 2.33. The second kappa shape index (κ2) is 10.7. The number of nitrogens with zero attached hydrogens (tertiary/aromatic N) is 5. The Balaban J connectivity index is 1.49. The van der Waals surface area contributed by atoms with Crippen LogP contribution in [-0.2, 0) is 36.1 Å². The summed E-state index contributed by atoms with van der Waals surface area (Å²) in [6, 6.07) is 25.1. The fraction of sp³-hybridized carbons (Fsp3) is 0.241. The molecule has 4 aromatic rings. The second-order valence-electron chi connectivity index (χ2n) is 9.74. The van der Waals surface area contributed by atoms with Crippen LogP contribution in [-0.4, -0.2) is 41.1 Å². The van der Waals surface area contributed by atoms with Gasteiger partial charge in [0.25, 0.3) is 0 Å². The van der Waals surface area contributed by atoms with E-state index in [1.54, 1.807) is 10.6 Å². The van der Waals surface area contributed by atoms with Gasteiger partial charge in [-0.1, -0.05) is 42.5 Å². The number of hydrogen-bond acceptors (Lipinski definition) is 6. The Morgan fingerprint density at radius 3 is 2.50 bits per heavy atom. The molecule has 0 fully saturated rings. The van der Waals surface area contributed by atoms with Crippen LogP contribution in [0, 0.1) is 11.3 Å². The molecule has 0 aliphatic carbocycles. The maximum atomic E-state index is 13.0. The van der Waals surface area contributed by atoms with E-state index in [-0.39, 0.29) is 12.6 Å². The average molecular weight is 527 g/mol. The SMILES string of the molecule is CS(=O)(=O)N1Cc2cc(N)ccc2N(Cc2cncn2Cc2ccc(C#N)cc2)C[C@H]1Cc1ccccc1. The lowest BCUT2D eigenvalue weighted by atomic mass is 10.1. The molecule has 8 nitrogen and oxygen atoms in total. The number of fused-ring (bicyclic) bond motifs is 1. The largest absolute Gasteiger partial charge is 0.399 e. The Morgan fingerprint density at radius 2 is 1.79 bits per heavy atom. The molecule has 38 heavy (non-hydrogen) atoms. The zero-order valence-corrected chi connectivity index (χ0v) is 22.1. The van der Waals surface area contributed by atoms with Crippen LogP contribution in [0.3, 0.4) is 0 Å². The molecule has 1 atom stereocenters. The zero-order chi connectivity index (χ0) is 26.7. The molecular formula is C29H30N6O2S. The number of nitriles is 1. The Hall–Kier alpha value is -4.13. The van der Waals surface area contributed by atoms with Crippen molar-refractivity contribution in [1.29, 1.82) is 5.26 Å². The first-order chi connectivity index (χ1) is 18.3. The van der Waals surface area contributed by atoms with Crippen molar-refractivity contribution in [2.24, 2.45) is 0 Å². The van der Waals surface area contributed by atoms with Crippen molar-refractivity contribution in [2.75, 3.05) is 23.4 Å². The van der Waals surface area contributed by atoms with Gasteiger partial charge in [-0.3, -0.25) is 0 Å². The summed E-state index contributed by atoms with van der Waals surface area (Å²) < 4.78 is 29.7. The number of sulfonamides is 1. The van der Waals surface area contributed by atoms with E-state index in [1.165, 1.54) is 6.26 Å². The highest BCUT2D eigenvalue weighted by atomic mass is 32.2. The third-order valence-corrected chi connectivity index (χ3v) is 8.22. The Morgan fingerprint density at radius 1 is 1.03 bits per heavy atom. The molecular weight excluding hydrogens is 496 g/mol. The standard InChI is InChI=1S/C29H30N6O2S/c1-38(36,37)35-18-25-14-26(31)11-12-29(25)33(19-27(35)13-22-5-3-2-4-6-22)20-28-16-32-21-34(28)17-24-9-7-23(15-30)8-10-24/h2-12,14,16,21,27H,13,17-20,31H2,1H3/t27-/m1/s1. The first-order valence-electron chi connectivity index (χ1n) is 12.4. The van der Waals surface area contributed by atoms with E-state index in [1.807, 2.05) is 79.0 Å². The Labute approximate surface area is 223 Å². The van der Waals surface area contributed by atoms with Crippen molar-refractivity contribution >= 4 is 21.4 Å². The van der Waals surface area contributed by atoms with Gasteiger partial charge in [0.15, 0.2) is 0 Å². The van der Waals surface area contributed by atoms with E-state index in [4.69, 9.17) is 11.0 Å². The van der Waals surface area contributed by atoms with Crippen molar-refractivity contribution in [2.45, 2.75) is 32.1 Å². The number of nitrogens with two attached hydrogens (primary N) is 1. The maximum absolute atomic E-state index is 13.0. The minimum atomic E-state index is -3.49. The first-order valence-corrected chi connectivity index (χ1v) is 14.3. The van der Waals surface area contributed by atoms with Gasteiger partial charge in [0, 0.05) is 43.2 Å². The fourth-order valence-electron chi connectivity index (χ4n) is 5.07. The summed E-state index contributed by atoms with van der Waals surface area (Å²) in [5, 5.41) is 9.10. The number of nitrogen functional groups attached to an aromatic ring is 1. The van der Waals surface area contributed by atoms with Crippen LogP contribution in [0.5, 0.6) is 0 Å². The lowest BCUT2D eigenvalue weighted by Gasteiger charge is -2.31. The van der Waals surface area contributed by atoms with Crippen molar-refractivity contribution < 1.29 is 8.42 Å². The van der Waals surface area contributed by atoms with E-state index >= 15 is 0 Å². The lowest BCUT2D eigenvalue weighted by molar-refractivity contribution is 0.320. The first kappa shape index (κ1) is 25.5. The third kappa shape index (κ3) is 5.72. The van der Waals surface area contributed by atoms with Crippen LogP contribution in [0.25, 0.3) is 0 Å². The fourth-order valence-corrected chi connectivity index (χ4v) is 6.13. The maximum Gasteiger partial charge on any atom is 0.211 e. The highest BCUT2D eigenvalue weighted by Crippen LogP contribution is 2.32. The quantitative estimate of drug-likeness (QED) is 0.367. The van der Waals surface area contributed by atoms with E-state index in [0.29, 0.717) is 37.3 Å². The van der Waals surface area contributed by atoms with Crippen molar-refractivity contribution in [3.05, 3.63) is 113 Å². The summed E-state index contributed by atoms with van der Waals surface area (Å²) in [4.78, 5) is 6.65. The molecule has 1 aromatic heterocycles. The molecule has 0 bridgehead atoms. The summed E-state index contributed by atoms with van der Waals surface area (Å²) in [6.45, 7) is 1.95. The molecule has 0 amide bonds. The van der Waals surface area contributed by atoms with Crippen LogP contribution in [0.1, 0.15) is 27.9 Å². The van der Waals surface area contributed by atoms with Crippen LogP contribution in [0.4, 0.5) is 11.4 Å². The third-order valence-electron chi connectivity index (χ3n) is 6.94. The molecule has 9 heteroatoms. The van der Waals surface area contributed by atoms with Crippen molar-refractivity contribution in [1.82, 2.24) is 13.9 Å². The summed E-state index contributed by atoms with van der Waals surface area (Å²) >= 11 is 0. The van der Waals surface area contributed by atoms with Crippen molar-refractivity contribution in [3.63, 3.8) is 0 Å². The van der Waals surface area contributed by atoms with Crippen LogP contribution >= 0.6 is 0 Å². The molecule has 0 spiro atoms. The number of imidazole rings is 1. The Bertz CT molecular complexity index is 1560. The molecule has 3 aromatic carbocycles. The number of benzene rings is 3. The number of rotatable bonds is 7. The van der Waals surface area contributed by atoms with Crippen LogP contribution in [0.2, 0.25) is 0 Å². The van der Waals surface area contributed by atoms with E-state index in [0.717, 1.165) is 28.1 Å². The summed E-state index contributed by atoms with van der Waals surface area (Å²) in [7, 11) is -3.49. The topological polar surface area (TPSA) is 108 Å². The van der Waals surface area contributed by atoms with Gasteiger partial charge in [-0.2, -0.15) is 9.57 Å². The predicted molar refractivity (Wildman–Crippen MR) is 149 cm³/mol. The van der Waals surface area contributed by atoms with Gasteiger partial charge >= 0.3 is 0 Å². The van der Waals surface area contributed by atoms with Crippen molar-refractivity contribution in [3.8, 4) is 6.07 Å². The van der Waals surface area contributed by atoms with Gasteiger partial charge in [-0.05, 0) is 53.4 Å². The van der Waals surface area contributed by atoms with Gasteiger partial charge in [0.2, 0.25) is 10.0 Å². The highest BCUT2D eigenvalue weighted by molar-refractivity contribution is 7.88. The summed E-state index contributed by atoms with van der Waals surface area (Å²) in [6.07, 6.45) is 5.53. The summed E-state index contributed by atoms with van der Waals surface area (Å²) in [5.74, 6) is 0. The molecule has 194 valence electrons. The molecule has 1 aliphatic rings. The van der Waals surface area contributed by atoms with Crippen LogP contribution in [0.15, 0.2) is 85.3 Å². The number of anilines is 2. The molecule has 0 radical (unpaired) electrons. The van der Waals surface area contributed by atoms with E-state index in [2.05, 4.69) is 20.5 Å². The number of hydrogen-bond donors (Lipinski definition) is 1. The molecule has 0 saturated carbocycles. The monoisotopic (exact) mass is 526 g/mol.